The van der Waals surface area contributed by atoms with Gasteiger partial charge in [0.25, 0.3) is 17.7 Å². The summed E-state index contributed by atoms with van der Waals surface area (Å²) in [5.74, 6) is -0.693. The van der Waals surface area contributed by atoms with E-state index in [1.54, 1.807) is 56.7 Å². The van der Waals surface area contributed by atoms with E-state index in [2.05, 4.69) is 27.2 Å². The van der Waals surface area contributed by atoms with Crippen LogP contribution >= 0.6 is 0 Å². The van der Waals surface area contributed by atoms with Crippen molar-refractivity contribution in [2.75, 3.05) is 26.1 Å². The van der Waals surface area contributed by atoms with E-state index < -0.39 is 47.9 Å². The largest absolute Gasteiger partial charge is 0.493 e. The lowest BCUT2D eigenvalue weighted by Crippen LogP contribution is -2.44. The standard InChI is InChI=1S/C51H48N6O9/c1-4-5-9-18-32-21-16-26-36-40(32)49(61)57(48(36)60)66-44-42(58)39(65-50(44)56-31-54-41-45(52-30-53-46(41)56)55-47(59)33-19-10-6-11-20-33)29-64-51(34-22-12-7-13-23-34,35-24-14-8-15-25-35)37-27-17-28-38(62-2)43(37)63-3/h6-8,10-17,19-28,30-31,39,42,44,50,58H,4-5,9,18,29H2,1-3H3,(H,52,53,55,59)/t39-,42-,44-,50-/m1/s1. The number of methoxy groups -OCH3 is 2. The van der Waals surface area contributed by atoms with Gasteiger partial charge >= 0.3 is 0 Å². The first kappa shape index (κ1) is 43.9. The van der Waals surface area contributed by atoms with Gasteiger partial charge in [-0.25, -0.2) is 15.0 Å². The molecule has 5 aromatic carbocycles. The minimum atomic E-state index is -1.52. The molecule has 4 atom stereocenters. The number of hydroxylamine groups is 2. The molecule has 2 aliphatic rings. The molecule has 66 heavy (non-hydrogen) atoms. The van der Waals surface area contributed by atoms with E-state index in [1.807, 2.05) is 84.9 Å². The Bertz CT molecular complexity index is 2820. The Morgan fingerprint density at radius 3 is 2.18 bits per heavy atom. The van der Waals surface area contributed by atoms with Gasteiger partial charge in [0.1, 0.15) is 24.1 Å². The SMILES string of the molecule is CCCCCc1cccc2c1C(=O)N(O[C@@H]1[C@H](O)[C@@H](COC(c3ccccc3)(c3ccccc3)c3cccc(OC)c3OC)O[C@H]1n1cnc3c(NC(=O)c4ccccc4)ncnc31)C2=O. The zero-order chi connectivity index (χ0) is 45.8. The maximum atomic E-state index is 14.3. The molecule has 7 aromatic rings. The highest BCUT2D eigenvalue weighted by atomic mass is 16.7. The number of amides is 3. The molecule has 0 bridgehead atoms. The van der Waals surface area contributed by atoms with Crippen LogP contribution in [0.4, 0.5) is 5.82 Å². The average Bonchev–Trinajstić information content (AvgIpc) is 4.01. The van der Waals surface area contributed by atoms with E-state index in [9.17, 15) is 19.5 Å². The summed E-state index contributed by atoms with van der Waals surface area (Å²) in [6, 6.07) is 38.6. The Hall–Kier alpha value is -7.30. The average molecular weight is 889 g/mol. The minimum Gasteiger partial charge on any atom is -0.493 e. The first-order valence-corrected chi connectivity index (χ1v) is 21.8. The van der Waals surface area contributed by atoms with E-state index in [1.165, 1.54) is 17.2 Å². The molecule has 0 aliphatic carbocycles. The Morgan fingerprint density at radius 1 is 0.803 bits per heavy atom. The maximum Gasteiger partial charge on any atom is 0.286 e. The van der Waals surface area contributed by atoms with Crippen LogP contribution in [-0.2, 0) is 26.3 Å². The van der Waals surface area contributed by atoms with Crippen LogP contribution in [-0.4, -0.2) is 86.5 Å². The summed E-state index contributed by atoms with van der Waals surface area (Å²) in [6.07, 6.45) is 0.745. The van der Waals surface area contributed by atoms with Crippen molar-refractivity contribution in [2.24, 2.45) is 0 Å². The molecule has 4 heterocycles. The summed E-state index contributed by atoms with van der Waals surface area (Å²) in [4.78, 5) is 61.4. The predicted octanol–water partition coefficient (Wildman–Crippen LogP) is 7.69. The van der Waals surface area contributed by atoms with E-state index in [-0.39, 0.29) is 34.7 Å². The summed E-state index contributed by atoms with van der Waals surface area (Å²) >= 11 is 0. The van der Waals surface area contributed by atoms with Crippen molar-refractivity contribution in [3.8, 4) is 11.5 Å². The van der Waals surface area contributed by atoms with Crippen LogP contribution in [0.1, 0.15) is 85.7 Å². The second-order valence-corrected chi connectivity index (χ2v) is 16.0. The number of ether oxygens (including phenoxy) is 4. The summed E-state index contributed by atoms with van der Waals surface area (Å²) in [5.41, 5.74) is 2.77. The van der Waals surface area contributed by atoms with Crippen LogP contribution in [0.15, 0.2) is 140 Å². The highest BCUT2D eigenvalue weighted by molar-refractivity contribution is 6.21. The van der Waals surface area contributed by atoms with Crippen LogP contribution in [0.25, 0.3) is 11.2 Å². The number of imide groups is 1. The lowest BCUT2D eigenvalue weighted by molar-refractivity contribution is -0.177. The molecular formula is C51H48N6O9. The van der Waals surface area contributed by atoms with Gasteiger partial charge in [-0.3, -0.25) is 23.8 Å². The van der Waals surface area contributed by atoms with Gasteiger partial charge in [-0.15, -0.1) is 5.06 Å². The molecular weight excluding hydrogens is 841 g/mol. The number of fused-ring (bicyclic) bond motifs is 2. The molecule has 0 radical (unpaired) electrons. The molecule has 9 rings (SSSR count). The van der Waals surface area contributed by atoms with Crippen LogP contribution in [0, 0.1) is 0 Å². The number of imidazole rings is 1. The number of aliphatic hydroxyl groups excluding tert-OH is 1. The second kappa shape index (κ2) is 19.0. The number of aryl methyl sites for hydroxylation is 1. The Labute approximate surface area is 380 Å². The van der Waals surface area contributed by atoms with Gasteiger partial charge in [-0.2, -0.15) is 0 Å². The van der Waals surface area contributed by atoms with Gasteiger partial charge in [0.05, 0.1) is 38.3 Å². The van der Waals surface area contributed by atoms with Crippen molar-refractivity contribution in [1.82, 2.24) is 24.6 Å². The number of rotatable bonds is 17. The number of nitrogens with zero attached hydrogens (tertiary/aromatic N) is 5. The molecule has 0 spiro atoms. The van der Waals surface area contributed by atoms with Crippen LogP contribution in [0.3, 0.4) is 0 Å². The smallest absolute Gasteiger partial charge is 0.286 e. The molecule has 0 unspecified atom stereocenters. The van der Waals surface area contributed by atoms with Gasteiger partial charge in [-0.05, 0) is 53.8 Å². The molecule has 15 heteroatoms. The van der Waals surface area contributed by atoms with Crippen molar-refractivity contribution in [3.63, 3.8) is 0 Å². The van der Waals surface area contributed by atoms with E-state index in [0.29, 0.717) is 34.1 Å². The van der Waals surface area contributed by atoms with Crippen LogP contribution < -0.4 is 14.8 Å². The van der Waals surface area contributed by atoms with Gasteiger partial charge in [0, 0.05) is 11.1 Å². The fraction of sp³-hybridized carbons (Fsp3) is 0.255. The molecule has 15 nitrogen and oxygen atoms in total. The van der Waals surface area contributed by atoms with Crippen molar-refractivity contribution in [3.05, 3.63) is 179 Å². The normalized spacial score (nSPS) is 18.2. The third kappa shape index (κ3) is 7.96. The van der Waals surface area contributed by atoms with E-state index >= 15 is 0 Å². The summed E-state index contributed by atoms with van der Waals surface area (Å²) in [5, 5.41) is 16.0. The van der Waals surface area contributed by atoms with Gasteiger partial charge in [0.2, 0.25) is 0 Å². The van der Waals surface area contributed by atoms with Gasteiger partial charge in [-0.1, -0.05) is 123 Å². The minimum absolute atomic E-state index is 0.127. The third-order valence-electron chi connectivity index (χ3n) is 12.1. The van der Waals surface area contributed by atoms with Crippen LogP contribution in [0.5, 0.6) is 11.5 Å². The summed E-state index contributed by atoms with van der Waals surface area (Å²) in [6.45, 7) is 1.84. The zero-order valence-corrected chi connectivity index (χ0v) is 36.6. The quantitative estimate of drug-likeness (QED) is 0.0519. The first-order valence-electron chi connectivity index (χ1n) is 21.8. The number of benzene rings is 5. The molecule has 0 saturated carbocycles. The number of carbonyl (C=O) groups is 3. The number of anilines is 1. The maximum absolute atomic E-state index is 14.3. The predicted molar refractivity (Wildman–Crippen MR) is 243 cm³/mol. The number of aromatic nitrogens is 4. The first-order chi connectivity index (χ1) is 32.3. The Morgan fingerprint density at radius 2 is 1.50 bits per heavy atom. The second-order valence-electron chi connectivity index (χ2n) is 16.0. The fourth-order valence-corrected chi connectivity index (χ4v) is 8.86. The fourth-order valence-electron chi connectivity index (χ4n) is 8.86. The molecule has 2 aromatic heterocycles. The number of para-hydroxylation sites is 1. The molecule has 336 valence electrons. The van der Waals surface area contributed by atoms with Gasteiger partial charge in [0.15, 0.2) is 40.8 Å². The molecule has 2 N–H and O–H groups in total. The number of hydrogen-bond acceptors (Lipinski definition) is 12. The molecule has 2 aliphatic heterocycles. The number of hydrogen-bond donors (Lipinski definition) is 2. The lowest BCUT2D eigenvalue weighted by Gasteiger charge is -2.38. The number of nitrogens with one attached hydrogen (secondary N) is 1. The number of unbranched alkanes of at least 4 members (excludes halogenated alkanes) is 2. The molecule has 1 saturated heterocycles. The van der Waals surface area contributed by atoms with Crippen molar-refractivity contribution in [2.45, 2.75) is 62.7 Å². The molecule has 3 amide bonds. The molecule has 1 fully saturated rings. The monoisotopic (exact) mass is 888 g/mol. The highest BCUT2D eigenvalue weighted by Crippen LogP contribution is 2.48. The van der Waals surface area contributed by atoms with Gasteiger partial charge < -0.3 is 29.4 Å². The van der Waals surface area contributed by atoms with Crippen LogP contribution in [0.2, 0.25) is 0 Å². The topological polar surface area (TPSA) is 176 Å². The summed E-state index contributed by atoms with van der Waals surface area (Å²) < 4.78 is 27.3. The van der Waals surface area contributed by atoms with Crippen molar-refractivity contribution >= 4 is 34.7 Å². The summed E-state index contributed by atoms with van der Waals surface area (Å²) in [7, 11) is 3.12. The third-order valence-corrected chi connectivity index (χ3v) is 12.1. The highest BCUT2D eigenvalue weighted by Gasteiger charge is 2.52. The van der Waals surface area contributed by atoms with E-state index in [0.717, 1.165) is 36.0 Å². The van der Waals surface area contributed by atoms with Crippen molar-refractivity contribution < 1.29 is 43.3 Å². The van der Waals surface area contributed by atoms with Crippen molar-refractivity contribution in [1.29, 1.82) is 0 Å². The number of carbonyl (C=O) groups excluding carboxylic acids is 3. The Kier molecular flexibility index (Phi) is 12.7. The Balaban J connectivity index is 1.11. The van der Waals surface area contributed by atoms with E-state index in [4.69, 9.17) is 23.8 Å². The number of aliphatic hydroxyl groups is 1. The zero-order valence-electron chi connectivity index (χ0n) is 36.6. The lowest BCUT2D eigenvalue weighted by atomic mass is 9.79.